The maximum atomic E-state index is 12.7. The maximum absolute atomic E-state index is 12.7. The zero-order chi connectivity index (χ0) is 22.0. The van der Waals surface area contributed by atoms with Gasteiger partial charge < -0.3 is 9.47 Å². The first kappa shape index (κ1) is 21.6. The molecule has 1 heterocycles. The van der Waals surface area contributed by atoms with Crippen LogP contribution in [0.2, 0.25) is 0 Å². The van der Waals surface area contributed by atoms with Crippen LogP contribution < -0.4 is 0 Å². The predicted octanol–water partition coefficient (Wildman–Crippen LogP) is 5.81. The Balaban J connectivity index is 1.33. The molecule has 0 saturated carbocycles. The van der Waals surface area contributed by atoms with Gasteiger partial charge in [0.25, 0.3) is 0 Å². The third-order valence-electron chi connectivity index (χ3n) is 6.71. The Morgan fingerprint density at radius 1 is 1.16 bits per heavy atom. The molecule has 1 aliphatic heterocycles. The maximum Gasteiger partial charge on any atom is 0.410 e. The number of hydrogen-bond acceptors (Lipinski definition) is 3. The Kier molecular flexibility index (Phi) is 6.19. The first-order chi connectivity index (χ1) is 14.9. The molecule has 1 saturated heterocycles. The number of amides is 1. The number of nitrogens with zero attached hydrogens (tertiary/aromatic N) is 1. The second-order valence-corrected chi connectivity index (χ2v) is 9.48. The molecule has 4 heteroatoms. The summed E-state index contributed by atoms with van der Waals surface area (Å²) in [4.78, 5) is 14.6. The lowest BCUT2D eigenvalue weighted by atomic mass is 9.87. The number of rotatable bonds is 8. The molecular weight excluding hydrogens is 386 g/mol. The number of carbonyl (C=O) groups excluding carboxylic acids is 1. The third kappa shape index (κ3) is 4.69. The lowest BCUT2D eigenvalue weighted by Crippen LogP contribution is -2.46. The average Bonchev–Trinajstić information content (AvgIpc) is 3.34. The van der Waals surface area contributed by atoms with Gasteiger partial charge in [0, 0.05) is 5.54 Å². The molecule has 2 aromatic carbocycles. The van der Waals surface area contributed by atoms with Crippen molar-refractivity contribution in [3.8, 4) is 0 Å². The van der Waals surface area contributed by atoms with E-state index < -0.39 is 0 Å². The fourth-order valence-electron chi connectivity index (χ4n) is 5.12. The van der Waals surface area contributed by atoms with Crippen LogP contribution >= 0.6 is 0 Å². The van der Waals surface area contributed by atoms with Crippen molar-refractivity contribution in [2.24, 2.45) is 5.92 Å². The molecule has 0 spiro atoms. The number of ether oxygens (including phenoxy) is 2. The van der Waals surface area contributed by atoms with E-state index in [1.165, 1.54) is 11.1 Å². The minimum atomic E-state index is -0.250. The Hall–Kier alpha value is -2.59. The Labute approximate surface area is 185 Å². The molecule has 2 atom stereocenters. The van der Waals surface area contributed by atoms with Gasteiger partial charge in [0.1, 0.15) is 6.10 Å². The van der Waals surface area contributed by atoms with Crippen molar-refractivity contribution >= 4 is 12.2 Å². The van der Waals surface area contributed by atoms with Crippen LogP contribution in [0.3, 0.4) is 0 Å². The summed E-state index contributed by atoms with van der Waals surface area (Å²) in [6.45, 7) is 11.2. The minimum Gasteiger partial charge on any atom is -0.442 e. The summed E-state index contributed by atoms with van der Waals surface area (Å²) in [5.41, 5.74) is 4.82. The molecule has 2 aromatic rings. The smallest absolute Gasteiger partial charge is 0.410 e. The SMILES string of the molecule is C=Cc1ccccc1[C@@H](C)OC[C@H]1CN(C(C)(C)CC2Cc3ccccc3C2)C(=O)O1. The summed E-state index contributed by atoms with van der Waals surface area (Å²) in [5.74, 6) is 0.561. The van der Waals surface area contributed by atoms with Crippen LogP contribution in [0.4, 0.5) is 4.79 Å². The highest BCUT2D eigenvalue weighted by Gasteiger charge is 2.42. The van der Waals surface area contributed by atoms with Gasteiger partial charge in [-0.2, -0.15) is 0 Å². The summed E-state index contributed by atoms with van der Waals surface area (Å²) < 4.78 is 11.8. The van der Waals surface area contributed by atoms with Crippen molar-refractivity contribution in [3.63, 3.8) is 0 Å². The van der Waals surface area contributed by atoms with Crippen LogP contribution in [0.5, 0.6) is 0 Å². The molecular formula is C27H33NO3. The molecule has 0 bridgehead atoms. The van der Waals surface area contributed by atoms with E-state index in [0.717, 1.165) is 30.4 Å². The number of carbonyl (C=O) groups is 1. The van der Waals surface area contributed by atoms with Gasteiger partial charge in [-0.1, -0.05) is 61.2 Å². The van der Waals surface area contributed by atoms with E-state index in [4.69, 9.17) is 9.47 Å². The summed E-state index contributed by atoms with van der Waals surface area (Å²) in [7, 11) is 0. The second-order valence-electron chi connectivity index (χ2n) is 9.48. The van der Waals surface area contributed by atoms with Gasteiger partial charge in [-0.3, -0.25) is 4.90 Å². The Bertz CT molecular complexity index is 926. The molecule has 164 valence electrons. The average molecular weight is 420 g/mol. The molecule has 31 heavy (non-hydrogen) atoms. The zero-order valence-corrected chi connectivity index (χ0v) is 18.8. The lowest BCUT2D eigenvalue weighted by Gasteiger charge is -2.35. The highest BCUT2D eigenvalue weighted by molar-refractivity contribution is 5.71. The van der Waals surface area contributed by atoms with E-state index >= 15 is 0 Å². The van der Waals surface area contributed by atoms with E-state index in [1.54, 1.807) is 0 Å². The van der Waals surface area contributed by atoms with E-state index in [1.807, 2.05) is 36.1 Å². The van der Waals surface area contributed by atoms with Crippen molar-refractivity contribution in [1.29, 1.82) is 0 Å². The number of hydrogen-bond donors (Lipinski definition) is 0. The van der Waals surface area contributed by atoms with Gasteiger partial charge >= 0.3 is 6.09 Å². The summed E-state index contributed by atoms with van der Waals surface area (Å²) in [6, 6.07) is 16.8. The topological polar surface area (TPSA) is 38.8 Å². The third-order valence-corrected chi connectivity index (χ3v) is 6.71. The molecule has 0 radical (unpaired) electrons. The van der Waals surface area contributed by atoms with Crippen LogP contribution in [-0.4, -0.2) is 35.8 Å². The van der Waals surface area contributed by atoms with Crippen molar-refractivity contribution in [2.45, 2.75) is 57.8 Å². The predicted molar refractivity (Wildman–Crippen MR) is 124 cm³/mol. The molecule has 1 amide bonds. The Morgan fingerprint density at radius 3 is 2.48 bits per heavy atom. The van der Waals surface area contributed by atoms with Crippen LogP contribution in [0.1, 0.15) is 55.5 Å². The van der Waals surface area contributed by atoms with Gasteiger partial charge in [-0.05, 0) is 68.2 Å². The molecule has 1 fully saturated rings. The largest absolute Gasteiger partial charge is 0.442 e. The molecule has 4 nitrogen and oxygen atoms in total. The minimum absolute atomic E-state index is 0.0908. The lowest BCUT2D eigenvalue weighted by molar-refractivity contribution is 0.00652. The molecule has 0 aromatic heterocycles. The van der Waals surface area contributed by atoms with Gasteiger partial charge in [-0.15, -0.1) is 0 Å². The van der Waals surface area contributed by atoms with Crippen molar-refractivity contribution in [1.82, 2.24) is 4.90 Å². The number of cyclic esters (lactones) is 1. The van der Waals surface area contributed by atoms with E-state index in [-0.39, 0.29) is 23.8 Å². The van der Waals surface area contributed by atoms with Crippen LogP contribution in [-0.2, 0) is 22.3 Å². The van der Waals surface area contributed by atoms with Gasteiger partial charge in [0.05, 0.1) is 19.3 Å². The standard InChI is InChI=1S/C27H33NO3/c1-5-21-10-8-9-13-25(21)19(2)30-18-24-17-28(26(29)31-24)27(3,4)16-20-14-22-11-6-7-12-23(22)15-20/h5-13,19-20,24H,1,14-18H2,2-4H3/t19-,24-/m1/s1. The molecule has 1 aliphatic carbocycles. The molecule has 0 N–H and O–H groups in total. The van der Waals surface area contributed by atoms with Crippen LogP contribution in [0.25, 0.3) is 6.08 Å². The molecule has 0 unspecified atom stereocenters. The normalized spacial score (nSPS) is 19.9. The van der Waals surface area contributed by atoms with Gasteiger partial charge in [0.2, 0.25) is 0 Å². The summed E-state index contributed by atoms with van der Waals surface area (Å²) >= 11 is 0. The first-order valence-electron chi connectivity index (χ1n) is 11.3. The first-order valence-corrected chi connectivity index (χ1v) is 11.3. The van der Waals surface area contributed by atoms with Crippen molar-refractivity contribution in [3.05, 3.63) is 77.4 Å². The molecule has 4 rings (SSSR count). The second kappa shape index (κ2) is 8.88. The highest BCUT2D eigenvalue weighted by Crippen LogP contribution is 2.36. The zero-order valence-electron chi connectivity index (χ0n) is 18.8. The van der Waals surface area contributed by atoms with E-state index in [0.29, 0.717) is 19.1 Å². The quantitative estimate of drug-likeness (QED) is 0.542. The Morgan fingerprint density at radius 2 is 1.81 bits per heavy atom. The monoisotopic (exact) mass is 419 g/mol. The van der Waals surface area contributed by atoms with Crippen molar-refractivity contribution < 1.29 is 14.3 Å². The highest BCUT2D eigenvalue weighted by atomic mass is 16.6. The fraction of sp³-hybridized carbons (Fsp3) is 0.444. The summed E-state index contributed by atoms with van der Waals surface area (Å²) in [5, 5.41) is 0. The van der Waals surface area contributed by atoms with Crippen LogP contribution in [0.15, 0.2) is 55.1 Å². The number of benzene rings is 2. The summed E-state index contributed by atoms with van der Waals surface area (Å²) in [6.07, 6.45) is 4.43. The van der Waals surface area contributed by atoms with Crippen LogP contribution in [0, 0.1) is 5.92 Å². The number of fused-ring (bicyclic) bond motifs is 1. The van der Waals surface area contributed by atoms with Gasteiger partial charge in [0.15, 0.2) is 0 Å². The van der Waals surface area contributed by atoms with Crippen molar-refractivity contribution in [2.75, 3.05) is 13.2 Å². The fourth-order valence-corrected chi connectivity index (χ4v) is 5.12. The molecule has 2 aliphatic rings. The van der Waals surface area contributed by atoms with E-state index in [2.05, 4.69) is 50.8 Å². The van der Waals surface area contributed by atoms with Gasteiger partial charge in [-0.25, -0.2) is 4.79 Å². The van der Waals surface area contributed by atoms with E-state index in [9.17, 15) is 4.79 Å².